The van der Waals surface area contributed by atoms with Crippen LogP contribution in [0.15, 0.2) is 60.1 Å². The second kappa shape index (κ2) is 7.03. The van der Waals surface area contributed by atoms with Gasteiger partial charge in [-0.2, -0.15) is 0 Å². The number of hydrogen-bond acceptors (Lipinski definition) is 4. The van der Waals surface area contributed by atoms with Gasteiger partial charge >= 0.3 is 5.97 Å². The summed E-state index contributed by atoms with van der Waals surface area (Å²) in [7, 11) is 1.38. The Balaban J connectivity index is 1.71. The van der Waals surface area contributed by atoms with E-state index in [1.165, 1.54) is 12.0 Å². The number of carbonyl (C=O) groups excluding carboxylic acids is 1. The van der Waals surface area contributed by atoms with Crippen LogP contribution in [0.25, 0.3) is 22.7 Å². The molecule has 0 aliphatic carbocycles. The molecule has 1 aromatic carbocycles. The Morgan fingerprint density at radius 1 is 1.04 bits per heavy atom. The van der Waals surface area contributed by atoms with Gasteiger partial charge in [-0.05, 0) is 40.8 Å². The van der Waals surface area contributed by atoms with Gasteiger partial charge in [-0.1, -0.05) is 36.4 Å². The average molecular weight is 321 g/mol. The molecular formula is C19H15NO2S. The van der Waals surface area contributed by atoms with Crippen LogP contribution in [-0.4, -0.2) is 18.1 Å². The fraction of sp³-hybridized carbons (Fsp3) is 0.0526. The third-order valence-corrected chi connectivity index (χ3v) is 4.25. The molecule has 0 atom stereocenters. The highest BCUT2D eigenvalue weighted by Gasteiger charge is 2.03. The third-order valence-electron chi connectivity index (χ3n) is 3.36. The molecule has 0 unspecified atom stereocenters. The van der Waals surface area contributed by atoms with Crippen molar-refractivity contribution in [1.82, 2.24) is 4.98 Å². The molecule has 0 fully saturated rings. The summed E-state index contributed by atoms with van der Waals surface area (Å²) in [6.45, 7) is 0. The molecule has 0 saturated carbocycles. The van der Waals surface area contributed by atoms with E-state index in [0.717, 1.165) is 16.8 Å². The largest absolute Gasteiger partial charge is 0.465 e. The molecule has 3 aromatic rings. The average Bonchev–Trinajstić information content (AvgIpc) is 3.15. The molecule has 0 amide bonds. The van der Waals surface area contributed by atoms with Gasteiger partial charge in [0.15, 0.2) is 0 Å². The van der Waals surface area contributed by atoms with Gasteiger partial charge in [0.2, 0.25) is 0 Å². The molecule has 3 rings (SSSR count). The van der Waals surface area contributed by atoms with Gasteiger partial charge in [-0.25, -0.2) is 4.79 Å². The number of rotatable bonds is 4. The fourth-order valence-electron chi connectivity index (χ4n) is 2.11. The van der Waals surface area contributed by atoms with Crippen molar-refractivity contribution >= 4 is 29.5 Å². The van der Waals surface area contributed by atoms with Gasteiger partial charge in [-0.3, -0.25) is 4.98 Å². The molecule has 0 bridgehead atoms. The van der Waals surface area contributed by atoms with Crippen LogP contribution in [0.1, 0.15) is 21.5 Å². The molecule has 2 heterocycles. The summed E-state index contributed by atoms with van der Waals surface area (Å²) in [5.41, 5.74) is 3.58. The highest BCUT2D eigenvalue weighted by atomic mass is 32.1. The van der Waals surface area contributed by atoms with Crippen LogP contribution in [0.4, 0.5) is 0 Å². The van der Waals surface area contributed by atoms with Crippen molar-refractivity contribution in [3.05, 3.63) is 76.8 Å². The van der Waals surface area contributed by atoms with E-state index in [4.69, 9.17) is 0 Å². The lowest BCUT2D eigenvalue weighted by molar-refractivity contribution is 0.0601. The Bertz CT molecular complexity index is 804. The molecule has 114 valence electrons. The van der Waals surface area contributed by atoms with Crippen LogP contribution < -0.4 is 0 Å². The quantitative estimate of drug-likeness (QED) is 0.650. The summed E-state index contributed by atoms with van der Waals surface area (Å²) in [4.78, 5) is 17.0. The number of ether oxygens (including phenoxy) is 1. The van der Waals surface area contributed by atoms with E-state index in [-0.39, 0.29) is 5.97 Å². The van der Waals surface area contributed by atoms with Crippen LogP contribution in [0.5, 0.6) is 0 Å². The Morgan fingerprint density at radius 3 is 2.39 bits per heavy atom. The number of methoxy groups -OCH3 is 1. The number of carbonyl (C=O) groups is 1. The molecule has 0 aliphatic rings. The van der Waals surface area contributed by atoms with Gasteiger partial charge < -0.3 is 4.74 Å². The zero-order valence-corrected chi connectivity index (χ0v) is 13.4. The molecule has 4 heteroatoms. The highest BCUT2D eigenvalue weighted by molar-refractivity contribution is 7.13. The summed E-state index contributed by atoms with van der Waals surface area (Å²) in [5.74, 6) is -0.325. The Labute approximate surface area is 138 Å². The first-order chi connectivity index (χ1) is 11.3. The van der Waals surface area contributed by atoms with Crippen molar-refractivity contribution < 1.29 is 9.53 Å². The Morgan fingerprint density at radius 2 is 1.78 bits per heavy atom. The zero-order chi connectivity index (χ0) is 16.1. The summed E-state index contributed by atoms with van der Waals surface area (Å²) in [5, 5.41) is 2.04. The van der Waals surface area contributed by atoms with E-state index in [1.54, 1.807) is 23.5 Å². The zero-order valence-electron chi connectivity index (χ0n) is 12.6. The van der Waals surface area contributed by atoms with Crippen molar-refractivity contribution in [2.75, 3.05) is 7.11 Å². The van der Waals surface area contributed by atoms with Crippen molar-refractivity contribution in [2.45, 2.75) is 0 Å². The van der Waals surface area contributed by atoms with Crippen LogP contribution in [0, 0.1) is 0 Å². The predicted molar refractivity (Wildman–Crippen MR) is 94.3 cm³/mol. The second-order valence-electron chi connectivity index (χ2n) is 4.90. The van der Waals surface area contributed by atoms with Crippen LogP contribution in [0.3, 0.4) is 0 Å². The lowest BCUT2D eigenvalue weighted by Crippen LogP contribution is -2.00. The van der Waals surface area contributed by atoms with Gasteiger partial charge in [0, 0.05) is 6.20 Å². The first kappa shape index (κ1) is 15.2. The molecule has 2 aromatic heterocycles. The Hall–Kier alpha value is -2.72. The molecule has 0 aliphatic heterocycles. The lowest BCUT2D eigenvalue weighted by Gasteiger charge is -2.00. The maximum Gasteiger partial charge on any atom is 0.337 e. The van der Waals surface area contributed by atoms with E-state index in [9.17, 15) is 4.79 Å². The summed E-state index contributed by atoms with van der Waals surface area (Å²) >= 11 is 1.68. The van der Waals surface area contributed by atoms with Crippen molar-refractivity contribution in [3.63, 3.8) is 0 Å². The topological polar surface area (TPSA) is 39.2 Å². The maximum atomic E-state index is 11.4. The molecule has 0 N–H and O–H groups in total. The fourth-order valence-corrected chi connectivity index (χ4v) is 2.82. The van der Waals surface area contributed by atoms with Gasteiger partial charge in [0.25, 0.3) is 0 Å². The minimum absolute atomic E-state index is 0.325. The SMILES string of the molecule is COC(=O)c1ccc(/C=C/c2ccc(-c3cccs3)nc2)cc1. The van der Waals surface area contributed by atoms with E-state index in [0.29, 0.717) is 5.56 Å². The molecule has 0 saturated heterocycles. The molecule has 0 spiro atoms. The monoisotopic (exact) mass is 321 g/mol. The van der Waals surface area contributed by atoms with E-state index >= 15 is 0 Å². The lowest BCUT2D eigenvalue weighted by atomic mass is 10.1. The van der Waals surface area contributed by atoms with E-state index < -0.39 is 0 Å². The molecule has 0 radical (unpaired) electrons. The normalized spacial score (nSPS) is 10.8. The van der Waals surface area contributed by atoms with E-state index in [2.05, 4.69) is 15.8 Å². The minimum Gasteiger partial charge on any atom is -0.465 e. The molecule has 23 heavy (non-hydrogen) atoms. The number of aromatic nitrogens is 1. The number of nitrogens with zero attached hydrogens (tertiary/aromatic N) is 1. The number of benzene rings is 1. The Kier molecular flexibility index (Phi) is 4.64. The number of thiophene rings is 1. The third kappa shape index (κ3) is 3.73. The van der Waals surface area contributed by atoms with Gasteiger partial charge in [-0.15, -0.1) is 11.3 Å². The summed E-state index contributed by atoms with van der Waals surface area (Å²) in [6.07, 6.45) is 5.84. The smallest absolute Gasteiger partial charge is 0.337 e. The van der Waals surface area contributed by atoms with Crippen molar-refractivity contribution in [2.24, 2.45) is 0 Å². The van der Waals surface area contributed by atoms with Crippen molar-refractivity contribution in [1.29, 1.82) is 0 Å². The highest BCUT2D eigenvalue weighted by Crippen LogP contribution is 2.22. The number of hydrogen-bond donors (Lipinski definition) is 0. The van der Waals surface area contributed by atoms with Crippen molar-refractivity contribution in [3.8, 4) is 10.6 Å². The summed E-state index contributed by atoms with van der Waals surface area (Å²) in [6, 6.07) is 15.4. The first-order valence-electron chi connectivity index (χ1n) is 7.12. The molecular weight excluding hydrogens is 306 g/mol. The van der Waals surface area contributed by atoms with Gasteiger partial charge in [0.05, 0.1) is 23.2 Å². The standard InChI is InChI=1S/C19H15NO2S/c1-22-19(21)16-9-6-14(7-10-16)4-5-15-8-11-17(20-13-15)18-3-2-12-23-18/h2-13H,1H3/b5-4+. The maximum absolute atomic E-state index is 11.4. The predicted octanol–water partition coefficient (Wildman–Crippen LogP) is 4.77. The van der Waals surface area contributed by atoms with E-state index in [1.807, 2.05) is 54.1 Å². The van der Waals surface area contributed by atoms with Crippen LogP contribution in [-0.2, 0) is 4.74 Å². The molecule has 3 nitrogen and oxygen atoms in total. The number of pyridine rings is 1. The number of esters is 1. The van der Waals surface area contributed by atoms with Crippen LogP contribution in [0.2, 0.25) is 0 Å². The first-order valence-corrected chi connectivity index (χ1v) is 8.00. The van der Waals surface area contributed by atoms with Crippen LogP contribution >= 0.6 is 11.3 Å². The summed E-state index contributed by atoms with van der Waals surface area (Å²) < 4.78 is 4.68. The minimum atomic E-state index is -0.325. The van der Waals surface area contributed by atoms with Gasteiger partial charge in [0.1, 0.15) is 0 Å². The second-order valence-corrected chi connectivity index (χ2v) is 5.85.